The molecule has 0 unspecified atom stereocenters. The summed E-state index contributed by atoms with van der Waals surface area (Å²) in [7, 11) is 0. The van der Waals surface area contributed by atoms with Gasteiger partial charge in [-0.25, -0.2) is 0 Å². The Labute approximate surface area is 196 Å². The molecule has 33 heavy (non-hydrogen) atoms. The van der Waals surface area contributed by atoms with E-state index in [2.05, 4.69) is 34.5 Å². The van der Waals surface area contributed by atoms with E-state index in [1.165, 1.54) is 5.56 Å². The van der Waals surface area contributed by atoms with Gasteiger partial charge in [-0.2, -0.15) is 0 Å². The summed E-state index contributed by atoms with van der Waals surface area (Å²) in [6, 6.07) is 18.4. The van der Waals surface area contributed by atoms with Gasteiger partial charge in [0.2, 0.25) is 11.8 Å². The van der Waals surface area contributed by atoms with Gasteiger partial charge in [-0.05, 0) is 47.8 Å². The Bertz CT molecular complexity index is 1000. The van der Waals surface area contributed by atoms with E-state index in [0.717, 1.165) is 49.7 Å². The Balaban J connectivity index is 1.38. The van der Waals surface area contributed by atoms with Gasteiger partial charge in [-0.3, -0.25) is 9.59 Å². The molecule has 174 valence electrons. The number of carbonyl (C=O) groups is 2. The Kier molecular flexibility index (Phi) is 6.00. The molecule has 5 rings (SSSR count). The largest absolute Gasteiger partial charge is 0.392 e. The first kappa shape index (κ1) is 22.1. The molecule has 2 heterocycles. The van der Waals surface area contributed by atoms with E-state index in [1.807, 2.05) is 30.3 Å². The van der Waals surface area contributed by atoms with Crippen LogP contribution in [-0.4, -0.2) is 41.5 Å². The van der Waals surface area contributed by atoms with Crippen LogP contribution in [0.2, 0.25) is 0 Å². The van der Waals surface area contributed by atoms with Crippen molar-refractivity contribution in [3.63, 3.8) is 0 Å². The van der Waals surface area contributed by atoms with Crippen molar-refractivity contribution in [2.75, 3.05) is 19.6 Å². The molecule has 2 aromatic carbocycles. The average molecular weight is 447 g/mol. The molecule has 1 spiro atoms. The van der Waals surface area contributed by atoms with Crippen LogP contribution in [0, 0.1) is 5.41 Å². The maximum absolute atomic E-state index is 13.9. The number of benzene rings is 2. The van der Waals surface area contributed by atoms with E-state index in [9.17, 15) is 14.7 Å². The van der Waals surface area contributed by atoms with Crippen LogP contribution < -0.4 is 5.32 Å². The van der Waals surface area contributed by atoms with Crippen LogP contribution in [0.5, 0.6) is 0 Å². The van der Waals surface area contributed by atoms with Crippen molar-refractivity contribution >= 4 is 11.8 Å². The van der Waals surface area contributed by atoms with Crippen LogP contribution in [-0.2, 0) is 21.6 Å². The molecule has 1 aliphatic carbocycles. The first-order valence-electron chi connectivity index (χ1n) is 12.4. The van der Waals surface area contributed by atoms with E-state index in [0.29, 0.717) is 26.1 Å². The summed E-state index contributed by atoms with van der Waals surface area (Å²) < 4.78 is 0. The molecule has 2 saturated heterocycles. The lowest BCUT2D eigenvalue weighted by atomic mass is 9.62. The quantitative estimate of drug-likeness (QED) is 0.748. The fourth-order valence-corrected chi connectivity index (χ4v) is 6.66. The van der Waals surface area contributed by atoms with Crippen molar-refractivity contribution in [2.45, 2.75) is 62.9 Å². The number of likely N-dealkylation sites (tertiary alicyclic amines) is 1. The van der Waals surface area contributed by atoms with Crippen LogP contribution in [0.15, 0.2) is 54.6 Å². The molecule has 5 nitrogen and oxygen atoms in total. The number of carbonyl (C=O) groups excluding carboxylic acids is 2. The average Bonchev–Trinajstić information content (AvgIpc) is 3.36. The number of rotatable bonds is 4. The smallest absolute Gasteiger partial charge is 0.233 e. The van der Waals surface area contributed by atoms with E-state index in [-0.39, 0.29) is 35.2 Å². The summed E-state index contributed by atoms with van der Waals surface area (Å²) in [5, 5.41) is 12.7. The molecule has 3 fully saturated rings. The van der Waals surface area contributed by atoms with Gasteiger partial charge in [0, 0.05) is 32.0 Å². The Morgan fingerprint density at radius 3 is 2.42 bits per heavy atom. The van der Waals surface area contributed by atoms with Gasteiger partial charge in [-0.15, -0.1) is 0 Å². The zero-order valence-electron chi connectivity index (χ0n) is 19.3. The lowest BCUT2D eigenvalue weighted by Crippen LogP contribution is -2.55. The van der Waals surface area contributed by atoms with Gasteiger partial charge >= 0.3 is 0 Å². The summed E-state index contributed by atoms with van der Waals surface area (Å²) in [4.78, 5) is 28.5. The van der Waals surface area contributed by atoms with Crippen molar-refractivity contribution in [1.82, 2.24) is 10.2 Å². The number of hydrogen-bond donors (Lipinski definition) is 2. The molecule has 0 aromatic heterocycles. The first-order chi connectivity index (χ1) is 16.1. The molecule has 0 radical (unpaired) electrons. The number of hydrogen-bond acceptors (Lipinski definition) is 3. The van der Waals surface area contributed by atoms with Gasteiger partial charge < -0.3 is 15.3 Å². The second-order valence-electron chi connectivity index (χ2n) is 10.2. The van der Waals surface area contributed by atoms with Gasteiger partial charge in [0.25, 0.3) is 0 Å². The first-order valence-corrected chi connectivity index (χ1v) is 12.4. The van der Waals surface area contributed by atoms with Crippen molar-refractivity contribution in [3.8, 4) is 0 Å². The molecule has 3 aliphatic rings. The molecular weight excluding hydrogens is 412 g/mol. The highest BCUT2D eigenvalue weighted by atomic mass is 16.3. The predicted molar refractivity (Wildman–Crippen MR) is 128 cm³/mol. The second-order valence-corrected chi connectivity index (χ2v) is 10.2. The molecule has 5 heteroatoms. The summed E-state index contributed by atoms with van der Waals surface area (Å²) >= 11 is 0. The molecule has 1 atom stereocenters. The lowest BCUT2D eigenvalue weighted by Gasteiger charge is -2.50. The number of aliphatic hydroxyl groups is 1. The third-order valence-corrected chi connectivity index (χ3v) is 8.53. The fourth-order valence-electron chi connectivity index (χ4n) is 6.66. The van der Waals surface area contributed by atoms with Crippen LogP contribution in [0.25, 0.3) is 0 Å². The third kappa shape index (κ3) is 3.97. The Morgan fingerprint density at radius 2 is 1.73 bits per heavy atom. The summed E-state index contributed by atoms with van der Waals surface area (Å²) in [5.41, 5.74) is 2.72. The van der Waals surface area contributed by atoms with Crippen LogP contribution in [0.1, 0.15) is 67.6 Å². The van der Waals surface area contributed by atoms with Crippen LogP contribution in [0.4, 0.5) is 0 Å². The van der Waals surface area contributed by atoms with Crippen molar-refractivity contribution < 1.29 is 14.7 Å². The van der Waals surface area contributed by atoms with Crippen molar-refractivity contribution in [1.29, 1.82) is 0 Å². The number of nitrogens with one attached hydrogen (secondary N) is 1. The molecule has 1 saturated carbocycles. The zero-order chi connectivity index (χ0) is 22.9. The van der Waals surface area contributed by atoms with Crippen LogP contribution >= 0.6 is 0 Å². The monoisotopic (exact) mass is 446 g/mol. The van der Waals surface area contributed by atoms with E-state index < -0.39 is 0 Å². The maximum atomic E-state index is 13.9. The Morgan fingerprint density at radius 1 is 1.00 bits per heavy atom. The summed E-state index contributed by atoms with van der Waals surface area (Å²) in [6.07, 6.45) is 6.24. The van der Waals surface area contributed by atoms with E-state index in [4.69, 9.17) is 0 Å². The zero-order valence-corrected chi connectivity index (χ0v) is 19.3. The normalized spacial score (nSPS) is 24.0. The molecule has 2 aliphatic heterocycles. The fraction of sp³-hybridized carbons (Fsp3) is 0.500. The highest BCUT2D eigenvalue weighted by molar-refractivity contribution is 5.89. The minimum Gasteiger partial charge on any atom is -0.392 e. The summed E-state index contributed by atoms with van der Waals surface area (Å²) in [5.74, 6) is 0.592. The highest BCUT2D eigenvalue weighted by Crippen LogP contribution is 2.50. The van der Waals surface area contributed by atoms with E-state index in [1.54, 1.807) is 0 Å². The molecule has 2 N–H and O–H groups in total. The molecule has 2 amide bonds. The lowest BCUT2D eigenvalue weighted by molar-refractivity contribution is -0.141. The SMILES string of the molecule is O=C1CC2(CCN(C(=O)C3(c4ccccc4)CCCC3)CC2)[C@H](c2cccc(CO)c2)CN1. The summed E-state index contributed by atoms with van der Waals surface area (Å²) in [6.45, 7) is 2.05. The van der Waals surface area contributed by atoms with Gasteiger partial charge in [0.1, 0.15) is 0 Å². The van der Waals surface area contributed by atoms with Crippen molar-refractivity contribution in [3.05, 3.63) is 71.3 Å². The minimum absolute atomic E-state index is 0.0176. The van der Waals surface area contributed by atoms with E-state index >= 15 is 0 Å². The predicted octanol–water partition coefficient (Wildman–Crippen LogP) is 3.90. The topological polar surface area (TPSA) is 69.6 Å². The number of piperidine rings is 2. The third-order valence-electron chi connectivity index (χ3n) is 8.53. The van der Waals surface area contributed by atoms with Gasteiger partial charge in [0.05, 0.1) is 12.0 Å². The van der Waals surface area contributed by atoms with Crippen LogP contribution in [0.3, 0.4) is 0 Å². The molecule has 0 bridgehead atoms. The van der Waals surface area contributed by atoms with Gasteiger partial charge in [-0.1, -0.05) is 67.4 Å². The maximum Gasteiger partial charge on any atom is 0.233 e. The van der Waals surface area contributed by atoms with Crippen molar-refractivity contribution in [2.24, 2.45) is 5.41 Å². The van der Waals surface area contributed by atoms with Gasteiger partial charge in [0.15, 0.2) is 0 Å². The molecular formula is C28H34N2O3. The Hall–Kier alpha value is -2.66. The second kappa shape index (κ2) is 8.94. The molecule has 2 aromatic rings. The minimum atomic E-state index is -0.384. The number of aliphatic hydroxyl groups excluding tert-OH is 1. The number of nitrogens with zero attached hydrogens (tertiary/aromatic N) is 1. The number of amides is 2. The highest BCUT2D eigenvalue weighted by Gasteiger charge is 2.50. The standard InChI is InChI=1S/C28H34N2O3/c31-20-21-7-6-8-22(17-21)24-19-29-25(32)18-27(24)13-15-30(16-14-27)26(33)28(11-4-5-12-28)23-9-2-1-3-10-23/h1-3,6-10,17,24,31H,4-5,11-16,18-20H2,(H,29,32)/t24-/m0/s1.